The molecule has 0 amide bonds. The lowest BCUT2D eigenvalue weighted by atomic mass is 10.3. The summed E-state index contributed by atoms with van der Waals surface area (Å²) < 4.78 is 5.46. The van der Waals surface area contributed by atoms with Crippen molar-refractivity contribution in [2.45, 2.75) is 26.4 Å². The molecule has 0 aromatic heterocycles. The fourth-order valence-corrected chi connectivity index (χ4v) is 1.15. The normalized spacial score (nSPS) is 12.2. The summed E-state index contributed by atoms with van der Waals surface area (Å²) >= 11 is 0. The van der Waals surface area contributed by atoms with E-state index < -0.39 is 0 Å². The van der Waals surface area contributed by atoms with Gasteiger partial charge in [0.15, 0.2) is 0 Å². The van der Waals surface area contributed by atoms with E-state index in [0.717, 1.165) is 24.5 Å². The Morgan fingerprint density at radius 1 is 1.33 bits per heavy atom. The van der Waals surface area contributed by atoms with Crippen LogP contribution in [0.25, 0.3) is 0 Å². The molecular weight excluding hydrogens is 190 g/mol. The van der Waals surface area contributed by atoms with E-state index in [1.54, 1.807) is 6.92 Å². The van der Waals surface area contributed by atoms with Crippen molar-refractivity contribution < 1.29 is 9.84 Å². The molecule has 0 unspecified atom stereocenters. The van der Waals surface area contributed by atoms with Crippen molar-refractivity contribution in [3.05, 3.63) is 24.3 Å². The summed E-state index contributed by atoms with van der Waals surface area (Å²) in [6.07, 6.45) is 0.684. The number of hydrogen-bond donors (Lipinski definition) is 2. The Bertz CT molecular complexity index is 269. The van der Waals surface area contributed by atoms with E-state index in [0.29, 0.717) is 6.54 Å². The lowest BCUT2D eigenvalue weighted by molar-refractivity contribution is 0.208. The highest BCUT2D eigenvalue weighted by molar-refractivity contribution is 5.46. The zero-order chi connectivity index (χ0) is 11.1. The highest BCUT2D eigenvalue weighted by atomic mass is 16.5. The lowest BCUT2D eigenvalue weighted by Gasteiger charge is -2.09. The molecule has 0 radical (unpaired) electrons. The third-order valence-electron chi connectivity index (χ3n) is 1.93. The first kappa shape index (κ1) is 11.9. The van der Waals surface area contributed by atoms with Gasteiger partial charge in [-0.2, -0.15) is 0 Å². The van der Waals surface area contributed by atoms with Gasteiger partial charge in [-0.05, 0) is 37.6 Å². The molecule has 0 aliphatic rings. The zero-order valence-corrected chi connectivity index (χ0v) is 9.36. The van der Waals surface area contributed by atoms with Gasteiger partial charge in [0.1, 0.15) is 5.75 Å². The molecule has 84 valence electrons. The molecule has 0 aliphatic heterocycles. The van der Waals surface area contributed by atoms with Crippen LogP contribution in [0.4, 0.5) is 5.69 Å². The summed E-state index contributed by atoms with van der Waals surface area (Å²) in [5.74, 6) is 0.888. The second kappa shape index (κ2) is 6.30. The Morgan fingerprint density at radius 3 is 2.53 bits per heavy atom. The van der Waals surface area contributed by atoms with Crippen molar-refractivity contribution in [3.8, 4) is 5.75 Å². The quantitative estimate of drug-likeness (QED) is 0.755. The molecular formula is C12H19NO2. The smallest absolute Gasteiger partial charge is 0.119 e. The minimum absolute atomic E-state index is 0.332. The summed E-state index contributed by atoms with van der Waals surface area (Å²) in [4.78, 5) is 0. The van der Waals surface area contributed by atoms with Crippen molar-refractivity contribution in [1.82, 2.24) is 0 Å². The van der Waals surface area contributed by atoms with E-state index in [1.807, 2.05) is 24.3 Å². The minimum atomic E-state index is -0.332. The predicted molar refractivity (Wildman–Crippen MR) is 62.4 cm³/mol. The van der Waals surface area contributed by atoms with Gasteiger partial charge in [0.05, 0.1) is 12.7 Å². The Balaban J connectivity index is 2.41. The van der Waals surface area contributed by atoms with Crippen LogP contribution in [-0.4, -0.2) is 24.4 Å². The summed E-state index contributed by atoms with van der Waals surface area (Å²) in [5.41, 5.74) is 1.000. The molecule has 1 rings (SSSR count). The maximum Gasteiger partial charge on any atom is 0.119 e. The molecule has 0 saturated heterocycles. The number of rotatable bonds is 6. The molecule has 0 aliphatic carbocycles. The Kier molecular flexibility index (Phi) is 4.98. The second-order valence-electron chi connectivity index (χ2n) is 3.60. The van der Waals surface area contributed by atoms with E-state index in [4.69, 9.17) is 9.84 Å². The number of hydrogen-bond acceptors (Lipinski definition) is 3. The first-order valence-corrected chi connectivity index (χ1v) is 5.37. The van der Waals surface area contributed by atoms with Gasteiger partial charge in [0.2, 0.25) is 0 Å². The molecule has 3 heteroatoms. The molecule has 2 N–H and O–H groups in total. The highest BCUT2D eigenvalue weighted by Crippen LogP contribution is 2.15. The summed E-state index contributed by atoms with van der Waals surface area (Å²) in [7, 11) is 0. The molecule has 1 aromatic rings. The maximum absolute atomic E-state index is 9.10. The average Bonchev–Trinajstić information content (AvgIpc) is 2.25. The van der Waals surface area contributed by atoms with Gasteiger partial charge >= 0.3 is 0 Å². The van der Waals surface area contributed by atoms with E-state index in [9.17, 15) is 0 Å². The van der Waals surface area contributed by atoms with Gasteiger partial charge in [-0.25, -0.2) is 0 Å². The number of ether oxygens (including phenoxy) is 1. The molecule has 0 saturated carbocycles. The third kappa shape index (κ3) is 4.70. The largest absolute Gasteiger partial charge is 0.494 e. The van der Waals surface area contributed by atoms with Gasteiger partial charge in [0, 0.05) is 12.2 Å². The maximum atomic E-state index is 9.10. The van der Waals surface area contributed by atoms with E-state index in [-0.39, 0.29) is 6.10 Å². The molecule has 15 heavy (non-hydrogen) atoms. The van der Waals surface area contributed by atoms with Crippen LogP contribution in [0.3, 0.4) is 0 Å². The molecule has 0 spiro atoms. The Morgan fingerprint density at radius 2 is 2.00 bits per heavy atom. The fourth-order valence-electron chi connectivity index (χ4n) is 1.15. The van der Waals surface area contributed by atoms with Crippen LogP contribution in [0.2, 0.25) is 0 Å². The predicted octanol–water partition coefficient (Wildman–Crippen LogP) is 2.27. The number of aliphatic hydroxyl groups is 1. The molecule has 0 fully saturated rings. The fraction of sp³-hybridized carbons (Fsp3) is 0.500. The first-order valence-electron chi connectivity index (χ1n) is 5.37. The Labute approximate surface area is 91.1 Å². The second-order valence-corrected chi connectivity index (χ2v) is 3.60. The monoisotopic (exact) mass is 209 g/mol. The number of benzene rings is 1. The van der Waals surface area contributed by atoms with Crippen LogP contribution >= 0.6 is 0 Å². The SMILES string of the molecule is CCCOc1ccc(NC[C@@H](C)O)cc1. The van der Waals surface area contributed by atoms with Crippen LogP contribution in [0.15, 0.2) is 24.3 Å². The minimum Gasteiger partial charge on any atom is -0.494 e. The number of anilines is 1. The van der Waals surface area contributed by atoms with E-state index >= 15 is 0 Å². The summed E-state index contributed by atoms with van der Waals surface area (Å²) in [6.45, 7) is 5.15. The van der Waals surface area contributed by atoms with Gasteiger partial charge < -0.3 is 15.2 Å². The van der Waals surface area contributed by atoms with Crippen molar-refractivity contribution in [3.63, 3.8) is 0 Å². The summed E-state index contributed by atoms with van der Waals surface area (Å²) in [6, 6.07) is 7.76. The standard InChI is InChI=1S/C12H19NO2/c1-3-8-15-12-6-4-11(5-7-12)13-9-10(2)14/h4-7,10,13-14H,3,8-9H2,1-2H3/t10-/m1/s1. The number of aliphatic hydroxyl groups excluding tert-OH is 1. The van der Waals surface area contributed by atoms with Gasteiger partial charge in [-0.15, -0.1) is 0 Å². The van der Waals surface area contributed by atoms with Gasteiger partial charge in [-0.1, -0.05) is 6.92 Å². The lowest BCUT2D eigenvalue weighted by Crippen LogP contribution is -2.15. The summed E-state index contributed by atoms with van der Waals surface area (Å²) in [5, 5.41) is 12.2. The van der Waals surface area contributed by atoms with Crippen LogP contribution in [-0.2, 0) is 0 Å². The van der Waals surface area contributed by atoms with E-state index in [2.05, 4.69) is 12.2 Å². The number of nitrogens with one attached hydrogen (secondary N) is 1. The van der Waals surface area contributed by atoms with Crippen molar-refractivity contribution in [2.24, 2.45) is 0 Å². The van der Waals surface area contributed by atoms with Crippen LogP contribution in [0.1, 0.15) is 20.3 Å². The van der Waals surface area contributed by atoms with Crippen molar-refractivity contribution in [2.75, 3.05) is 18.5 Å². The highest BCUT2D eigenvalue weighted by Gasteiger charge is 1.97. The van der Waals surface area contributed by atoms with Crippen LogP contribution in [0, 0.1) is 0 Å². The van der Waals surface area contributed by atoms with Crippen molar-refractivity contribution in [1.29, 1.82) is 0 Å². The molecule has 0 bridgehead atoms. The average molecular weight is 209 g/mol. The van der Waals surface area contributed by atoms with Crippen molar-refractivity contribution >= 4 is 5.69 Å². The van der Waals surface area contributed by atoms with Gasteiger partial charge in [-0.3, -0.25) is 0 Å². The first-order chi connectivity index (χ1) is 7.22. The van der Waals surface area contributed by atoms with E-state index in [1.165, 1.54) is 0 Å². The third-order valence-corrected chi connectivity index (χ3v) is 1.93. The topological polar surface area (TPSA) is 41.5 Å². The van der Waals surface area contributed by atoms with Gasteiger partial charge in [0.25, 0.3) is 0 Å². The zero-order valence-electron chi connectivity index (χ0n) is 9.36. The van der Waals surface area contributed by atoms with Crippen LogP contribution < -0.4 is 10.1 Å². The molecule has 1 aromatic carbocycles. The molecule has 3 nitrogen and oxygen atoms in total. The molecule has 0 heterocycles. The van der Waals surface area contributed by atoms with Crippen LogP contribution in [0.5, 0.6) is 5.75 Å². The Hall–Kier alpha value is -1.22. The molecule has 1 atom stereocenters.